The number of allylic oxidation sites excluding steroid dienone is 1. The molecule has 1 aliphatic rings. The summed E-state index contributed by atoms with van der Waals surface area (Å²) < 4.78 is 3.58. The lowest BCUT2D eigenvalue weighted by molar-refractivity contribution is -0.121. The second-order valence-electron chi connectivity index (χ2n) is 7.50. The van der Waals surface area contributed by atoms with Gasteiger partial charge in [0.25, 0.3) is 5.56 Å². The van der Waals surface area contributed by atoms with Crippen molar-refractivity contribution in [3.63, 3.8) is 0 Å². The Balaban J connectivity index is 1.48. The topological polar surface area (TPSA) is 68.9 Å². The molecule has 0 bridgehead atoms. The number of aromatic nitrogens is 3. The van der Waals surface area contributed by atoms with Crippen molar-refractivity contribution in [2.75, 3.05) is 12.3 Å². The number of nitrogens with zero attached hydrogens (tertiary/aromatic N) is 3. The number of para-hydroxylation sites is 1. The summed E-state index contributed by atoms with van der Waals surface area (Å²) in [5, 5.41) is 8.95. The molecule has 0 unspecified atom stereocenters. The van der Waals surface area contributed by atoms with Crippen molar-refractivity contribution in [3.05, 3.63) is 69.3 Å². The number of aryl methyl sites for hydroxylation is 2. The van der Waals surface area contributed by atoms with Crippen LogP contribution in [0.5, 0.6) is 0 Å². The summed E-state index contributed by atoms with van der Waals surface area (Å²) in [4.78, 5) is 26.5. The van der Waals surface area contributed by atoms with Gasteiger partial charge in [-0.3, -0.25) is 9.59 Å². The molecule has 3 aromatic rings. The van der Waals surface area contributed by atoms with Crippen molar-refractivity contribution in [1.82, 2.24) is 19.7 Å². The van der Waals surface area contributed by atoms with Gasteiger partial charge in [-0.05, 0) is 38.8 Å². The molecule has 156 valence electrons. The highest BCUT2D eigenvalue weighted by Crippen LogP contribution is 2.24. The molecule has 1 aromatic carbocycles. The fourth-order valence-electron chi connectivity index (χ4n) is 3.96. The summed E-state index contributed by atoms with van der Waals surface area (Å²) in [5.41, 5.74) is 2.58. The number of hydrogen-bond donors (Lipinski definition) is 1. The Morgan fingerprint density at radius 1 is 1.20 bits per heavy atom. The van der Waals surface area contributed by atoms with E-state index in [-0.39, 0.29) is 11.5 Å². The number of fused-ring (bicyclic) bond motifs is 1. The minimum absolute atomic E-state index is 0.0727. The Labute approximate surface area is 180 Å². The van der Waals surface area contributed by atoms with Crippen molar-refractivity contribution in [2.24, 2.45) is 0 Å². The highest BCUT2D eigenvalue weighted by molar-refractivity contribution is 8.03. The van der Waals surface area contributed by atoms with Gasteiger partial charge in [-0.25, -0.2) is 0 Å². The molecular formula is C23H26N4O2S. The number of carbonyl (C=O) groups excluding carboxylic acids is 1. The molecule has 30 heavy (non-hydrogen) atoms. The number of nitrogens with one attached hydrogen (secondary N) is 1. The van der Waals surface area contributed by atoms with E-state index in [9.17, 15) is 9.59 Å². The van der Waals surface area contributed by atoms with Crippen LogP contribution in [-0.4, -0.2) is 32.6 Å². The lowest BCUT2D eigenvalue weighted by Gasteiger charge is -2.09. The molecule has 2 aromatic heterocycles. The minimum atomic E-state index is -0.113. The highest BCUT2D eigenvalue weighted by Gasteiger charge is 2.17. The smallest absolute Gasteiger partial charge is 0.281 e. The number of hydrogen-bond acceptors (Lipinski definition) is 4. The zero-order chi connectivity index (χ0) is 21.1. The molecule has 1 N–H and O–H groups in total. The van der Waals surface area contributed by atoms with Crippen molar-refractivity contribution >= 4 is 28.4 Å². The van der Waals surface area contributed by atoms with Crippen LogP contribution in [0, 0.1) is 13.8 Å². The number of benzene rings is 1. The van der Waals surface area contributed by atoms with E-state index < -0.39 is 0 Å². The second-order valence-corrected chi connectivity index (χ2v) is 8.72. The van der Waals surface area contributed by atoms with Gasteiger partial charge in [0, 0.05) is 46.9 Å². The van der Waals surface area contributed by atoms with E-state index in [0.717, 1.165) is 41.1 Å². The van der Waals surface area contributed by atoms with Crippen LogP contribution < -0.4 is 10.9 Å². The van der Waals surface area contributed by atoms with Gasteiger partial charge in [-0.15, -0.1) is 11.8 Å². The van der Waals surface area contributed by atoms with Crippen molar-refractivity contribution in [2.45, 2.75) is 39.7 Å². The van der Waals surface area contributed by atoms with Crippen LogP contribution in [0.15, 0.2) is 52.3 Å². The van der Waals surface area contributed by atoms with E-state index >= 15 is 0 Å². The first-order valence-electron chi connectivity index (χ1n) is 10.3. The van der Waals surface area contributed by atoms with Gasteiger partial charge in [0.05, 0.1) is 17.3 Å². The van der Waals surface area contributed by atoms with E-state index in [1.165, 1.54) is 9.59 Å². The minimum Gasteiger partial charge on any atom is -0.352 e. The molecule has 0 saturated carbocycles. The average molecular weight is 423 g/mol. The van der Waals surface area contributed by atoms with Gasteiger partial charge >= 0.3 is 0 Å². The molecule has 6 nitrogen and oxygen atoms in total. The van der Waals surface area contributed by atoms with Gasteiger partial charge in [0.15, 0.2) is 0 Å². The van der Waals surface area contributed by atoms with E-state index in [2.05, 4.69) is 21.1 Å². The van der Waals surface area contributed by atoms with Crippen LogP contribution in [0.4, 0.5) is 0 Å². The molecule has 3 heterocycles. The average Bonchev–Trinajstić information content (AvgIpc) is 3.36. The molecule has 0 atom stereocenters. The Hall–Kier alpha value is -2.80. The Bertz CT molecular complexity index is 1160. The zero-order valence-corrected chi connectivity index (χ0v) is 18.2. The van der Waals surface area contributed by atoms with Crippen LogP contribution >= 0.6 is 11.8 Å². The van der Waals surface area contributed by atoms with Crippen LogP contribution in [0.1, 0.15) is 30.7 Å². The Morgan fingerprint density at radius 3 is 2.73 bits per heavy atom. The molecule has 1 amide bonds. The van der Waals surface area contributed by atoms with Crippen LogP contribution in [0.2, 0.25) is 0 Å². The quantitative estimate of drug-likeness (QED) is 0.630. The maximum Gasteiger partial charge on any atom is 0.281 e. The number of thioether (sulfide) groups is 1. The zero-order valence-electron chi connectivity index (χ0n) is 17.4. The van der Waals surface area contributed by atoms with Gasteiger partial charge in [0.1, 0.15) is 0 Å². The van der Waals surface area contributed by atoms with E-state index in [1.807, 2.05) is 55.9 Å². The van der Waals surface area contributed by atoms with Crippen LogP contribution in [0.25, 0.3) is 16.5 Å². The monoisotopic (exact) mass is 422 g/mol. The first-order chi connectivity index (χ1) is 14.6. The third-order valence-electron chi connectivity index (χ3n) is 5.56. The molecule has 0 fully saturated rings. The SMILES string of the molecule is Cc1c2cnn(-c3ccccc3)c(=O)c2c(C)n1CCCC(=O)NCC1=CCCS1. The first-order valence-corrected chi connectivity index (χ1v) is 11.3. The molecule has 4 rings (SSSR count). The highest BCUT2D eigenvalue weighted by atomic mass is 32.2. The predicted molar refractivity (Wildman–Crippen MR) is 122 cm³/mol. The fraction of sp³-hybridized carbons (Fsp3) is 0.348. The summed E-state index contributed by atoms with van der Waals surface area (Å²) >= 11 is 1.82. The van der Waals surface area contributed by atoms with E-state index in [0.29, 0.717) is 24.9 Å². The largest absolute Gasteiger partial charge is 0.352 e. The Morgan fingerprint density at radius 2 is 2.00 bits per heavy atom. The molecular weight excluding hydrogens is 396 g/mol. The number of amides is 1. The summed E-state index contributed by atoms with van der Waals surface area (Å²) in [7, 11) is 0. The third-order valence-corrected chi connectivity index (χ3v) is 6.68. The fourth-order valence-corrected chi connectivity index (χ4v) is 4.87. The molecule has 1 aliphatic heterocycles. The van der Waals surface area contributed by atoms with Crippen LogP contribution in [0.3, 0.4) is 0 Å². The maximum atomic E-state index is 13.1. The predicted octanol–water partition coefficient (Wildman–Crippen LogP) is 3.72. The summed E-state index contributed by atoms with van der Waals surface area (Å²) in [6.45, 7) is 5.31. The molecule has 0 radical (unpaired) electrons. The van der Waals surface area contributed by atoms with Crippen molar-refractivity contribution < 1.29 is 4.79 Å². The standard InChI is InChI=1S/C23H26N4O2S/c1-16-20-15-25-27(18-8-4-3-5-9-18)23(29)22(20)17(2)26(16)12-6-11-21(28)24-14-19-10-7-13-30-19/h3-5,8-10,15H,6-7,11-14H2,1-2H3,(H,24,28). The van der Waals surface area contributed by atoms with Crippen molar-refractivity contribution in [3.8, 4) is 5.69 Å². The van der Waals surface area contributed by atoms with Gasteiger partial charge < -0.3 is 9.88 Å². The summed E-state index contributed by atoms with van der Waals surface area (Å²) in [6, 6.07) is 9.45. The molecule has 0 aliphatic carbocycles. The third kappa shape index (κ3) is 4.07. The van der Waals surface area contributed by atoms with Crippen molar-refractivity contribution in [1.29, 1.82) is 0 Å². The van der Waals surface area contributed by atoms with Gasteiger partial charge in [-0.2, -0.15) is 9.78 Å². The lowest BCUT2D eigenvalue weighted by Crippen LogP contribution is -2.24. The molecule has 0 spiro atoms. The maximum absolute atomic E-state index is 13.1. The second kappa shape index (κ2) is 8.92. The molecule has 7 heteroatoms. The van der Waals surface area contributed by atoms with E-state index in [4.69, 9.17) is 0 Å². The van der Waals surface area contributed by atoms with Crippen LogP contribution in [-0.2, 0) is 11.3 Å². The molecule has 0 saturated heterocycles. The summed E-state index contributed by atoms with van der Waals surface area (Å²) in [6.07, 6.45) is 6.25. The lowest BCUT2D eigenvalue weighted by atomic mass is 10.2. The summed E-state index contributed by atoms with van der Waals surface area (Å²) in [5.74, 6) is 1.19. The van der Waals surface area contributed by atoms with Gasteiger partial charge in [-0.1, -0.05) is 24.3 Å². The normalized spacial score (nSPS) is 13.6. The van der Waals surface area contributed by atoms with E-state index in [1.54, 1.807) is 6.20 Å². The first kappa shape index (κ1) is 20.5. The Kier molecular flexibility index (Phi) is 6.08. The number of carbonyl (C=O) groups is 1. The van der Waals surface area contributed by atoms with Gasteiger partial charge in [0.2, 0.25) is 5.91 Å². The number of rotatable bonds is 7.